The summed E-state index contributed by atoms with van der Waals surface area (Å²) in [5.41, 5.74) is 8.60. The summed E-state index contributed by atoms with van der Waals surface area (Å²) in [7, 11) is 0. The topological polar surface area (TPSA) is 43.8 Å². The Kier molecular flexibility index (Phi) is 5.36. The van der Waals surface area contributed by atoms with Crippen LogP contribution in [0.15, 0.2) is 42.6 Å². The van der Waals surface area contributed by atoms with Gasteiger partial charge in [0.1, 0.15) is 0 Å². The predicted molar refractivity (Wildman–Crippen MR) is 83.5 cm³/mol. The zero-order valence-corrected chi connectivity index (χ0v) is 12.5. The van der Waals surface area contributed by atoms with E-state index in [0.29, 0.717) is 6.04 Å². The van der Waals surface area contributed by atoms with Gasteiger partial charge in [0.2, 0.25) is 0 Å². The summed E-state index contributed by atoms with van der Waals surface area (Å²) in [6.07, 6.45) is 6.28. The maximum absolute atomic E-state index is 6.21. The Bertz CT molecular complexity index is 504. The van der Waals surface area contributed by atoms with E-state index in [-0.39, 0.29) is 6.04 Å². The van der Waals surface area contributed by atoms with Crippen LogP contribution in [0.4, 0.5) is 0 Å². The number of benzene rings is 1. The highest BCUT2D eigenvalue weighted by Gasteiger charge is 2.07. The van der Waals surface area contributed by atoms with Gasteiger partial charge in [0, 0.05) is 18.3 Å². The highest BCUT2D eigenvalue weighted by Crippen LogP contribution is 2.17. The molecule has 1 aromatic heterocycles. The van der Waals surface area contributed by atoms with Crippen LogP contribution in [0.2, 0.25) is 0 Å². The fourth-order valence-electron chi connectivity index (χ4n) is 2.31. The van der Waals surface area contributed by atoms with Crippen LogP contribution in [0.25, 0.3) is 0 Å². The van der Waals surface area contributed by atoms with Crippen molar-refractivity contribution in [3.05, 3.63) is 53.9 Å². The maximum atomic E-state index is 6.21. The van der Waals surface area contributed by atoms with Gasteiger partial charge in [-0.05, 0) is 44.2 Å². The van der Waals surface area contributed by atoms with Crippen molar-refractivity contribution in [1.82, 2.24) is 9.78 Å². The fourth-order valence-corrected chi connectivity index (χ4v) is 2.31. The Balaban J connectivity index is 1.80. The molecule has 0 saturated heterocycles. The Labute approximate surface area is 121 Å². The van der Waals surface area contributed by atoms with Crippen molar-refractivity contribution >= 4 is 0 Å². The number of aryl methyl sites for hydroxylation is 1. The predicted octanol–water partition coefficient (Wildman–Crippen LogP) is 3.88. The van der Waals surface area contributed by atoms with Crippen molar-refractivity contribution in [2.24, 2.45) is 5.73 Å². The first kappa shape index (κ1) is 14.8. The van der Waals surface area contributed by atoms with Crippen molar-refractivity contribution in [2.45, 2.75) is 51.6 Å². The summed E-state index contributed by atoms with van der Waals surface area (Å²) in [4.78, 5) is 0. The van der Waals surface area contributed by atoms with Crippen LogP contribution in [0.1, 0.15) is 56.5 Å². The van der Waals surface area contributed by atoms with Crippen LogP contribution in [-0.2, 0) is 6.42 Å². The minimum atomic E-state index is 0.132. The van der Waals surface area contributed by atoms with Crippen molar-refractivity contribution in [3.63, 3.8) is 0 Å². The van der Waals surface area contributed by atoms with Crippen molar-refractivity contribution < 1.29 is 0 Å². The smallest absolute Gasteiger partial charge is 0.0624 e. The molecular formula is C17H25N3. The van der Waals surface area contributed by atoms with Crippen LogP contribution in [0.3, 0.4) is 0 Å². The summed E-state index contributed by atoms with van der Waals surface area (Å²) in [5, 5.41) is 4.63. The molecule has 3 nitrogen and oxygen atoms in total. The maximum Gasteiger partial charge on any atom is 0.0624 e. The minimum Gasteiger partial charge on any atom is -0.324 e. The van der Waals surface area contributed by atoms with E-state index < -0.39 is 0 Å². The summed E-state index contributed by atoms with van der Waals surface area (Å²) in [6, 6.07) is 13.1. The van der Waals surface area contributed by atoms with E-state index in [1.54, 1.807) is 0 Å². The second-order valence-corrected chi connectivity index (χ2v) is 5.45. The van der Waals surface area contributed by atoms with E-state index in [0.717, 1.165) is 25.7 Å². The van der Waals surface area contributed by atoms with E-state index in [4.69, 9.17) is 5.73 Å². The minimum absolute atomic E-state index is 0.132. The SMILES string of the molecule is CCC(C)n1ccc(CCCC(N)c2ccccc2)n1. The molecule has 20 heavy (non-hydrogen) atoms. The van der Waals surface area contributed by atoms with E-state index >= 15 is 0 Å². The molecule has 0 aliphatic carbocycles. The molecule has 1 heterocycles. The highest BCUT2D eigenvalue weighted by molar-refractivity contribution is 5.18. The monoisotopic (exact) mass is 271 g/mol. The van der Waals surface area contributed by atoms with Crippen molar-refractivity contribution in [2.75, 3.05) is 0 Å². The summed E-state index contributed by atoms with van der Waals surface area (Å²) >= 11 is 0. The first-order valence-corrected chi connectivity index (χ1v) is 7.55. The van der Waals surface area contributed by atoms with E-state index in [9.17, 15) is 0 Å². The van der Waals surface area contributed by atoms with Gasteiger partial charge in [-0.3, -0.25) is 4.68 Å². The molecule has 2 aromatic rings. The quantitative estimate of drug-likeness (QED) is 0.830. The Hall–Kier alpha value is -1.61. The van der Waals surface area contributed by atoms with Gasteiger partial charge in [-0.2, -0.15) is 5.10 Å². The van der Waals surface area contributed by atoms with Gasteiger partial charge in [-0.25, -0.2) is 0 Å². The lowest BCUT2D eigenvalue weighted by atomic mass is 10.0. The molecule has 0 aliphatic rings. The number of aromatic nitrogens is 2. The van der Waals surface area contributed by atoms with Gasteiger partial charge in [-0.1, -0.05) is 37.3 Å². The van der Waals surface area contributed by atoms with Crippen LogP contribution in [0.5, 0.6) is 0 Å². The number of nitrogens with zero attached hydrogens (tertiary/aromatic N) is 2. The van der Waals surface area contributed by atoms with Gasteiger partial charge >= 0.3 is 0 Å². The third-order valence-electron chi connectivity index (χ3n) is 3.88. The standard InChI is InChI=1S/C17H25N3/c1-3-14(2)20-13-12-16(19-20)10-7-11-17(18)15-8-5-4-6-9-15/h4-6,8-9,12-14,17H,3,7,10-11,18H2,1-2H3. The first-order chi connectivity index (χ1) is 9.70. The number of rotatable bonds is 7. The molecule has 2 unspecified atom stereocenters. The van der Waals surface area contributed by atoms with Gasteiger partial charge in [0.05, 0.1) is 5.69 Å². The molecule has 3 heteroatoms. The molecular weight excluding hydrogens is 246 g/mol. The van der Waals surface area contributed by atoms with Crippen molar-refractivity contribution in [3.8, 4) is 0 Å². The second-order valence-electron chi connectivity index (χ2n) is 5.45. The molecule has 0 amide bonds. The third-order valence-corrected chi connectivity index (χ3v) is 3.88. The zero-order valence-electron chi connectivity index (χ0n) is 12.5. The summed E-state index contributed by atoms with van der Waals surface area (Å²) in [6.45, 7) is 4.38. The second kappa shape index (κ2) is 7.25. The Morgan fingerprint density at radius 2 is 1.95 bits per heavy atom. The van der Waals surface area contributed by atoms with Crippen LogP contribution >= 0.6 is 0 Å². The first-order valence-electron chi connectivity index (χ1n) is 7.55. The highest BCUT2D eigenvalue weighted by atomic mass is 15.3. The summed E-state index contributed by atoms with van der Waals surface area (Å²) < 4.78 is 2.06. The Morgan fingerprint density at radius 1 is 1.20 bits per heavy atom. The molecule has 0 radical (unpaired) electrons. The molecule has 2 N–H and O–H groups in total. The number of nitrogens with two attached hydrogens (primary N) is 1. The molecule has 0 spiro atoms. The lowest BCUT2D eigenvalue weighted by molar-refractivity contribution is 0.472. The van der Waals surface area contributed by atoms with Gasteiger partial charge < -0.3 is 5.73 Å². The van der Waals surface area contributed by atoms with Gasteiger partial charge in [0.25, 0.3) is 0 Å². The van der Waals surface area contributed by atoms with Gasteiger partial charge in [0.15, 0.2) is 0 Å². The van der Waals surface area contributed by atoms with Gasteiger partial charge in [-0.15, -0.1) is 0 Å². The molecule has 0 saturated carbocycles. The molecule has 108 valence electrons. The fraction of sp³-hybridized carbons (Fsp3) is 0.471. The average molecular weight is 271 g/mol. The van der Waals surface area contributed by atoms with E-state index in [1.807, 2.05) is 18.2 Å². The molecule has 0 bridgehead atoms. The molecule has 2 rings (SSSR count). The zero-order chi connectivity index (χ0) is 14.4. The third kappa shape index (κ3) is 3.94. The van der Waals surface area contributed by atoms with Crippen LogP contribution in [0, 0.1) is 0 Å². The average Bonchev–Trinajstić information content (AvgIpc) is 2.96. The van der Waals surface area contributed by atoms with Crippen molar-refractivity contribution in [1.29, 1.82) is 0 Å². The summed E-state index contributed by atoms with van der Waals surface area (Å²) in [5.74, 6) is 0. The lowest BCUT2D eigenvalue weighted by Gasteiger charge is -2.11. The Morgan fingerprint density at radius 3 is 2.65 bits per heavy atom. The normalized spacial score (nSPS) is 14.2. The molecule has 1 aromatic carbocycles. The lowest BCUT2D eigenvalue weighted by Crippen LogP contribution is -2.10. The largest absolute Gasteiger partial charge is 0.324 e. The van der Waals surface area contributed by atoms with Crippen LogP contribution < -0.4 is 5.73 Å². The number of hydrogen-bond donors (Lipinski definition) is 1. The molecule has 0 aliphatic heterocycles. The van der Waals surface area contributed by atoms with Crippen LogP contribution in [-0.4, -0.2) is 9.78 Å². The van der Waals surface area contributed by atoms with E-state index in [2.05, 4.69) is 48.0 Å². The molecule has 0 fully saturated rings. The molecule has 2 atom stereocenters. The van der Waals surface area contributed by atoms with E-state index in [1.165, 1.54) is 11.3 Å². The number of hydrogen-bond acceptors (Lipinski definition) is 2.